The zero-order valence-electron chi connectivity index (χ0n) is 23.1. The Morgan fingerprint density at radius 3 is 2.57 bits per heavy atom. The summed E-state index contributed by atoms with van der Waals surface area (Å²) in [6.07, 6.45) is 12.2. The molecule has 0 aliphatic carbocycles. The summed E-state index contributed by atoms with van der Waals surface area (Å²) in [7, 11) is 0. The van der Waals surface area contributed by atoms with Gasteiger partial charge in [0.05, 0.1) is 22.6 Å². The molecule has 0 saturated carbocycles. The average Bonchev–Trinajstić information content (AvgIpc) is 3.57. The number of phenols is 1. The quantitative estimate of drug-likeness (QED) is 0.331. The molecular formula is C32H31F2N5O3. The molecule has 3 saturated heterocycles. The molecule has 0 atom stereocenters. The number of anilines is 1. The van der Waals surface area contributed by atoms with Crippen LogP contribution in [0.2, 0.25) is 0 Å². The molecule has 0 radical (unpaired) electrons. The lowest BCUT2D eigenvalue weighted by Gasteiger charge is -2.32. The number of rotatable bonds is 5. The second kappa shape index (κ2) is 10.3. The van der Waals surface area contributed by atoms with Crippen molar-refractivity contribution < 1.29 is 23.7 Å². The normalized spacial score (nSPS) is 19.0. The van der Waals surface area contributed by atoms with E-state index in [1.807, 2.05) is 4.90 Å². The highest BCUT2D eigenvalue weighted by Crippen LogP contribution is 2.41. The van der Waals surface area contributed by atoms with Crippen LogP contribution in [0.5, 0.6) is 11.8 Å². The van der Waals surface area contributed by atoms with E-state index in [0.29, 0.717) is 49.1 Å². The van der Waals surface area contributed by atoms with E-state index < -0.39 is 17.7 Å². The van der Waals surface area contributed by atoms with Crippen LogP contribution in [0.1, 0.15) is 44.1 Å². The number of pyridine rings is 1. The number of benzene rings is 2. The Hall–Kier alpha value is -4.07. The summed E-state index contributed by atoms with van der Waals surface area (Å²) in [5.41, 5.74) is -0.0433. The minimum absolute atomic E-state index is 0.00785. The lowest BCUT2D eigenvalue weighted by atomic mass is 9.95. The van der Waals surface area contributed by atoms with Crippen molar-refractivity contribution in [2.24, 2.45) is 0 Å². The SMILES string of the molecule is C#Cc1c(F)ccc2cc(O)cc(-c3ncc4c(N5CCC(O)CC5)nc(OCC56CCCN5CCC6)nc4c3F)c12. The van der Waals surface area contributed by atoms with Crippen LogP contribution < -0.4 is 9.64 Å². The smallest absolute Gasteiger partial charge is 0.319 e. The molecular weight excluding hydrogens is 540 g/mol. The van der Waals surface area contributed by atoms with E-state index >= 15 is 4.39 Å². The van der Waals surface area contributed by atoms with E-state index in [9.17, 15) is 14.6 Å². The highest BCUT2D eigenvalue weighted by Gasteiger charge is 2.45. The van der Waals surface area contributed by atoms with Crippen LogP contribution >= 0.6 is 0 Å². The number of ether oxygens (including phenoxy) is 1. The number of terminal acetylenes is 1. The number of fused-ring (bicyclic) bond motifs is 3. The molecule has 10 heteroatoms. The summed E-state index contributed by atoms with van der Waals surface area (Å²) in [6.45, 7) is 3.58. The fourth-order valence-electron chi connectivity index (χ4n) is 7.01. The van der Waals surface area contributed by atoms with Gasteiger partial charge in [0, 0.05) is 30.2 Å². The second-order valence-corrected chi connectivity index (χ2v) is 11.6. The van der Waals surface area contributed by atoms with Crippen molar-refractivity contribution in [2.75, 3.05) is 37.7 Å². The fourth-order valence-corrected chi connectivity index (χ4v) is 7.01. The molecule has 216 valence electrons. The Morgan fingerprint density at radius 2 is 1.83 bits per heavy atom. The molecule has 0 spiro atoms. The molecule has 2 aromatic carbocycles. The van der Waals surface area contributed by atoms with Crippen molar-refractivity contribution in [3.63, 3.8) is 0 Å². The van der Waals surface area contributed by atoms with E-state index in [1.165, 1.54) is 30.5 Å². The molecule has 7 rings (SSSR count). The summed E-state index contributed by atoms with van der Waals surface area (Å²) in [5.74, 6) is 1.34. The Morgan fingerprint density at radius 1 is 1.07 bits per heavy atom. The molecule has 8 nitrogen and oxygen atoms in total. The predicted molar refractivity (Wildman–Crippen MR) is 156 cm³/mol. The molecule has 0 bridgehead atoms. The molecule has 0 unspecified atom stereocenters. The number of hydrogen-bond donors (Lipinski definition) is 2. The first-order valence-corrected chi connectivity index (χ1v) is 14.5. The topological polar surface area (TPSA) is 94.8 Å². The monoisotopic (exact) mass is 571 g/mol. The van der Waals surface area contributed by atoms with Crippen molar-refractivity contribution in [3.05, 3.63) is 47.7 Å². The van der Waals surface area contributed by atoms with Gasteiger partial charge in [0.15, 0.2) is 5.82 Å². The van der Waals surface area contributed by atoms with E-state index in [0.717, 1.165) is 38.8 Å². The van der Waals surface area contributed by atoms with Gasteiger partial charge >= 0.3 is 6.01 Å². The maximum atomic E-state index is 16.6. The number of aromatic nitrogens is 3. The molecule has 4 aromatic rings. The zero-order valence-corrected chi connectivity index (χ0v) is 23.1. The first-order chi connectivity index (χ1) is 20.4. The third-order valence-corrected chi connectivity index (χ3v) is 9.14. The molecule has 2 N–H and O–H groups in total. The van der Waals surface area contributed by atoms with E-state index in [2.05, 4.69) is 20.8 Å². The summed E-state index contributed by atoms with van der Waals surface area (Å²) in [5, 5.41) is 21.7. The van der Waals surface area contributed by atoms with Crippen LogP contribution in [0.15, 0.2) is 30.5 Å². The molecule has 3 aliphatic rings. The predicted octanol–water partition coefficient (Wildman–Crippen LogP) is 4.78. The molecule has 5 heterocycles. The van der Waals surface area contributed by atoms with Crippen LogP contribution in [0.3, 0.4) is 0 Å². The summed E-state index contributed by atoms with van der Waals surface area (Å²) in [6, 6.07) is 5.56. The first-order valence-electron chi connectivity index (χ1n) is 14.5. The van der Waals surface area contributed by atoms with Gasteiger partial charge in [0.1, 0.15) is 35.2 Å². The minimum atomic E-state index is -0.751. The summed E-state index contributed by atoms with van der Waals surface area (Å²) < 4.78 is 37.6. The lowest BCUT2D eigenvalue weighted by molar-refractivity contribution is 0.107. The van der Waals surface area contributed by atoms with E-state index in [4.69, 9.17) is 16.1 Å². The number of aliphatic hydroxyl groups is 1. The van der Waals surface area contributed by atoms with Crippen molar-refractivity contribution in [1.82, 2.24) is 19.9 Å². The van der Waals surface area contributed by atoms with Gasteiger partial charge in [-0.3, -0.25) is 9.88 Å². The van der Waals surface area contributed by atoms with Crippen LogP contribution in [0.25, 0.3) is 32.9 Å². The minimum Gasteiger partial charge on any atom is -0.508 e. The maximum Gasteiger partial charge on any atom is 0.319 e. The Balaban J connectivity index is 1.38. The van der Waals surface area contributed by atoms with Gasteiger partial charge in [-0.15, -0.1) is 6.42 Å². The Labute approximate surface area is 242 Å². The number of halogens is 2. The highest BCUT2D eigenvalue weighted by atomic mass is 19.1. The average molecular weight is 572 g/mol. The highest BCUT2D eigenvalue weighted by molar-refractivity contribution is 6.03. The molecule has 42 heavy (non-hydrogen) atoms. The number of piperidine rings is 1. The van der Waals surface area contributed by atoms with Crippen LogP contribution in [-0.2, 0) is 0 Å². The number of nitrogens with zero attached hydrogens (tertiary/aromatic N) is 5. The zero-order chi connectivity index (χ0) is 29.0. The van der Waals surface area contributed by atoms with E-state index in [-0.39, 0.29) is 45.0 Å². The van der Waals surface area contributed by atoms with Crippen LogP contribution in [0.4, 0.5) is 14.6 Å². The number of aromatic hydroxyl groups is 1. The van der Waals surface area contributed by atoms with Gasteiger partial charge in [-0.1, -0.05) is 12.0 Å². The standard InChI is InChI=1S/C32H31F2N5O3/c1-2-22-25(33)6-5-19-15-21(41)16-23(26(19)22)28-27(34)29-24(17-35-28)30(38-13-7-20(40)8-14-38)37-31(36-29)42-18-32-9-3-11-39(32)12-4-10-32/h1,5-6,15-17,20,40-41H,3-4,7-14,18H2. The van der Waals surface area contributed by atoms with Crippen molar-refractivity contribution in [3.8, 4) is 35.4 Å². The Bertz CT molecular complexity index is 1740. The van der Waals surface area contributed by atoms with Crippen molar-refractivity contribution in [2.45, 2.75) is 50.2 Å². The van der Waals surface area contributed by atoms with Gasteiger partial charge in [-0.05, 0) is 75.2 Å². The van der Waals surface area contributed by atoms with Crippen molar-refractivity contribution >= 4 is 27.5 Å². The summed E-state index contributed by atoms with van der Waals surface area (Å²) >= 11 is 0. The van der Waals surface area contributed by atoms with Crippen molar-refractivity contribution in [1.29, 1.82) is 0 Å². The van der Waals surface area contributed by atoms with Gasteiger partial charge in [0.2, 0.25) is 0 Å². The first kappa shape index (κ1) is 26.8. The molecule has 2 aromatic heterocycles. The molecule has 3 fully saturated rings. The van der Waals surface area contributed by atoms with E-state index in [1.54, 1.807) is 0 Å². The summed E-state index contributed by atoms with van der Waals surface area (Å²) in [4.78, 5) is 18.2. The number of phenolic OH excluding ortho intramolecular Hbond substituents is 1. The number of aliphatic hydroxyl groups excluding tert-OH is 1. The third-order valence-electron chi connectivity index (χ3n) is 9.14. The van der Waals surface area contributed by atoms with Gasteiger partial charge < -0.3 is 19.8 Å². The van der Waals surface area contributed by atoms with Gasteiger partial charge in [-0.25, -0.2) is 8.78 Å². The van der Waals surface area contributed by atoms with Crippen LogP contribution in [0, 0.1) is 24.0 Å². The third kappa shape index (κ3) is 4.39. The number of hydrogen-bond acceptors (Lipinski definition) is 8. The second-order valence-electron chi connectivity index (χ2n) is 11.6. The lowest BCUT2D eigenvalue weighted by Crippen LogP contribution is -2.43. The maximum absolute atomic E-state index is 16.6. The molecule has 0 amide bonds. The molecule has 3 aliphatic heterocycles. The van der Waals surface area contributed by atoms with Crippen LogP contribution in [-0.4, -0.2) is 74.5 Å². The van der Waals surface area contributed by atoms with Gasteiger partial charge in [0.25, 0.3) is 0 Å². The fraction of sp³-hybridized carbons (Fsp3) is 0.406. The largest absolute Gasteiger partial charge is 0.508 e. The Kier molecular flexibility index (Phi) is 6.59. The van der Waals surface area contributed by atoms with Gasteiger partial charge in [-0.2, -0.15) is 9.97 Å².